The number of imidazole rings is 3. The maximum Gasteiger partial charge on any atom is 0.298 e. The van der Waals surface area contributed by atoms with Crippen molar-refractivity contribution < 1.29 is 14.2 Å². The van der Waals surface area contributed by atoms with E-state index in [1.807, 2.05) is 36.4 Å². The van der Waals surface area contributed by atoms with Crippen molar-refractivity contribution in [2.45, 2.75) is 6.92 Å². The Hall–Kier alpha value is -6.03. The van der Waals surface area contributed by atoms with Gasteiger partial charge in [0.05, 0.1) is 5.41 Å². The first kappa shape index (κ1) is 26.6. The number of nitriles is 6. The quantitative estimate of drug-likeness (QED) is 0.387. The molecule has 0 aromatic carbocycles. The fourth-order valence-corrected chi connectivity index (χ4v) is 3.28. The highest BCUT2D eigenvalue weighted by Crippen LogP contribution is 2.25. The van der Waals surface area contributed by atoms with Gasteiger partial charge in [-0.25, -0.2) is 0 Å². The van der Waals surface area contributed by atoms with Gasteiger partial charge in [0.15, 0.2) is 34.2 Å². The number of ether oxygens (including phenoxy) is 3. The molecule has 0 N–H and O–H groups in total. The van der Waals surface area contributed by atoms with E-state index in [9.17, 15) is 31.6 Å². The molecule has 0 unspecified atom stereocenters. The second-order valence-electron chi connectivity index (χ2n) is 8.30. The highest BCUT2D eigenvalue weighted by atomic mass is 16.5. The number of aromatic nitrogens is 6. The molecule has 15 heteroatoms. The summed E-state index contributed by atoms with van der Waals surface area (Å²) in [7, 11) is 4.56. The number of rotatable bonds is 9. The van der Waals surface area contributed by atoms with Crippen molar-refractivity contribution in [3.63, 3.8) is 0 Å². The molecule has 0 bridgehead atoms. The Labute approximate surface area is 216 Å². The van der Waals surface area contributed by atoms with E-state index in [1.165, 1.54) is 34.8 Å². The van der Waals surface area contributed by atoms with Crippen LogP contribution >= 0.6 is 0 Å². The normalized spacial score (nSPS) is 10.3. The van der Waals surface area contributed by atoms with E-state index < -0.39 is 5.41 Å². The van der Waals surface area contributed by atoms with Crippen LogP contribution in [-0.4, -0.2) is 48.5 Å². The van der Waals surface area contributed by atoms with E-state index in [2.05, 4.69) is 15.0 Å². The monoisotopic (exact) mass is 510 g/mol. The first-order valence-corrected chi connectivity index (χ1v) is 10.7. The third-order valence-electron chi connectivity index (χ3n) is 5.45. The summed E-state index contributed by atoms with van der Waals surface area (Å²) in [6.45, 7) is 1.42. The molecule has 0 aliphatic rings. The largest absolute Gasteiger partial charge is 0.464 e. The van der Waals surface area contributed by atoms with E-state index >= 15 is 0 Å². The van der Waals surface area contributed by atoms with Crippen LogP contribution in [0.3, 0.4) is 0 Å². The minimum absolute atomic E-state index is 0.00961. The van der Waals surface area contributed by atoms with Crippen LogP contribution in [0.4, 0.5) is 0 Å². The van der Waals surface area contributed by atoms with Gasteiger partial charge in [-0.05, 0) is 6.92 Å². The molecule has 0 spiro atoms. The Bertz CT molecular complexity index is 1460. The van der Waals surface area contributed by atoms with Gasteiger partial charge in [0, 0.05) is 21.1 Å². The zero-order valence-electron chi connectivity index (χ0n) is 20.7. The van der Waals surface area contributed by atoms with Crippen LogP contribution in [-0.2, 0) is 21.1 Å². The van der Waals surface area contributed by atoms with Crippen molar-refractivity contribution in [1.82, 2.24) is 28.7 Å². The summed E-state index contributed by atoms with van der Waals surface area (Å²) in [4.78, 5) is 12.1. The summed E-state index contributed by atoms with van der Waals surface area (Å²) in [5.74, 6) is 0. The van der Waals surface area contributed by atoms with Crippen LogP contribution in [0, 0.1) is 73.4 Å². The summed E-state index contributed by atoms with van der Waals surface area (Å²) >= 11 is 0. The van der Waals surface area contributed by atoms with Crippen LogP contribution in [0.5, 0.6) is 18.0 Å². The first-order valence-electron chi connectivity index (χ1n) is 10.7. The summed E-state index contributed by atoms with van der Waals surface area (Å²) in [5, 5.41) is 55.6. The molecule has 0 aliphatic heterocycles. The molecule has 0 fully saturated rings. The molecule has 0 saturated carbocycles. The molecular formula is C23H18N12O3. The second kappa shape index (κ2) is 10.7. The smallest absolute Gasteiger partial charge is 0.298 e. The van der Waals surface area contributed by atoms with Gasteiger partial charge in [0.1, 0.15) is 56.2 Å². The predicted octanol–water partition coefficient (Wildman–Crippen LogP) is 0.660. The molecule has 0 amide bonds. The van der Waals surface area contributed by atoms with Crippen LogP contribution in [0.15, 0.2) is 0 Å². The zero-order valence-corrected chi connectivity index (χ0v) is 20.7. The van der Waals surface area contributed by atoms with Gasteiger partial charge in [0.2, 0.25) is 0 Å². The minimum Gasteiger partial charge on any atom is -0.464 e. The second-order valence-corrected chi connectivity index (χ2v) is 8.30. The number of hydrogen-bond acceptors (Lipinski definition) is 12. The molecular weight excluding hydrogens is 492 g/mol. The van der Waals surface area contributed by atoms with Crippen molar-refractivity contribution >= 4 is 0 Å². The van der Waals surface area contributed by atoms with Crippen LogP contribution in [0.2, 0.25) is 0 Å². The predicted molar refractivity (Wildman–Crippen MR) is 123 cm³/mol. The van der Waals surface area contributed by atoms with Gasteiger partial charge in [-0.1, -0.05) is 0 Å². The molecule has 0 aliphatic carbocycles. The van der Waals surface area contributed by atoms with E-state index in [1.54, 1.807) is 6.92 Å². The molecule has 0 radical (unpaired) electrons. The van der Waals surface area contributed by atoms with Gasteiger partial charge in [-0.2, -0.15) is 46.5 Å². The topological polar surface area (TPSA) is 224 Å². The summed E-state index contributed by atoms with van der Waals surface area (Å²) in [5.41, 5.74) is -1.19. The Balaban J connectivity index is 1.89. The summed E-state index contributed by atoms with van der Waals surface area (Å²) < 4.78 is 21.5. The highest BCUT2D eigenvalue weighted by molar-refractivity contribution is 5.40. The average Bonchev–Trinajstić information content (AvgIpc) is 3.53. The van der Waals surface area contributed by atoms with Gasteiger partial charge in [-0.15, -0.1) is 0 Å². The Morgan fingerprint density at radius 2 is 0.816 bits per heavy atom. The third-order valence-corrected chi connectivity index (χ3v) is 5.45. The number of hydrogen-bond donors (Lipinski definition) is 0. The van der Waals surface area contributed by atoms with Gasteiger partial charge in [0.25, 0.3) is 18.0 Å². The Morgan fingerprint density at radius 1 is 0.553 bits per heavy atom. The average molecular weight is 510 g/mol. The SMILES string of the molecule is Cn1c(OCC(C)(COc2nc(C#N)c(C#N)n2C)COc2nc(C#N)c(C#N)n2C)nc(C#N)c1C#N. The van der Waals surface area contributed by atoms with E-state index in [0.717, 1.165) is 0 Å². The van der Waals surface area contributed by atoms with Crippen molar-refractivity contribution in [2.75, 3.05) is 19.8 Å². The van der Waals surface area contributed by atoms with Gasteiger partial charge < -0.3 is 14.2 Å². The maximum absolute atomic E-state index is 9.31. The van der Waals surface area contributed by atoms with Crippen LogP contribution in [0.1, 0.15) is 41.1 Å². The summed E-state index contributed by atoms with van der Waals surface area (Å²) in [6.07, 6.45) is 0. The molecule has 3 aromatic heterocycles. The molecule has 0 atom stereocenters. The lowest BCUT2D eigenvalue weighted by Crippen LogP contribution is -2.38. The lowest BCUT2D eigenvalue weighted by atomic mass is 9.94. The van der Waals surface area contributed by atoms with Crippen LogP contribution < -0.4 is 14.2 Å². The van der Waals surface area contributed by atoms with Gasteiger partial charge >= 0.3 is 0 Å². The molecule has 3 heterocycles. The fourth-order valence-electron chi connectivity index (χ4n) is 3.28. The molecule has 15 nitrogen and oxygen atoms in total. The van der Waals surface area contributed by atoms with E-state index in [4.69, 9.17) is 14.2 Å². The molecule has 3 aromatic rings. The molecule has 0 saturated heterocycles. The van der Waals surface area contributed by atoms with Crippen molar-refractivity contribution in [3.05, 3.63) is 34.2 Å². The number of nitrogens with zero attached hydrogens (tertiary/aromatic N) is 12. The van der Waals surface area contributed by atoms with E-state index in [-0.39, 0.29) is 72.0 Å². The molecule has 188 valence electrons. The Kier molecular flexibility index (Phi) is 7.49. The Morgan fingerprint density at radius 3 is 1.00 bits per heavy atom. The van der Waals surface area contributed by atoms with Crippen LogP contribution in [0.25, 0.3) is 0 Å². The fraction of sp³-hybridized carbons (Fsp3) is 0.348. The van der Waals surface area contributed by atoms with Crippen molar-refractivity contribution in [3.8, 4) is 54.4 Å². The highest BCUT2D eigenvalue weighted by Gasteiger charge is 2.32. The van der Waals surface area contributed by atoms with E-state index in [0.29, 0.717) is 0 Å². The van der Waals surface area contributed by atoms with Gasteiger partial charge in [-0.3, -0.25) is 13.7 Å². The molecule has 38 heavy (non-hydrogen) atoms. The van der Waals surface area contributed by atoms with Crippen molar-refractivity contribution in [1.29, 1.82) is 31.6 Å². The first-order chi connectivity index (χ1) is 18.2. The third kappa shape index (κ3) is 4.86. The lowest BCUT2D eigenvalue weighted by Gasteiger charge is -2.28. The summed E-state index contributed by atoms with van der Waals surface area (Å²) in [6, 6.07) is 11.2. The standard InChI is InChI=1S/C23H18N12O3/c1-23(11-36-20-30-14(5-24)17(8-27)33(20)2,12-37-21-31-15(6-25)18(9-28)34(21)3)13-38-22-32-16(7-26)19(10-29)35(22)4/h11-13H2,1-4H3. The van der Waals surface area contributed by atoms with Crippen molar-refractivity contribution in [2.24, 2.45) is 26.6 Å². The minimum atomic E-state index is -0.983. The lowest BCUT2D eigenvalue weighted by molar-refractivity contribution is 0.0344. The maximum atomic E-state index is 9.31. The molecule has 3 rings (SSSR count). The zero-order chi connectivity index (χ0) is 28.0.